The number of piperidine rings is 1. The maximum absolute atomic E-state index is 5.88. The second-order valence-corrected chi connectivity index (χ2v) is 5.54. The molecule has 1 fully saturated rings. The Morgan fingerprint density at radius 1 is 1.32 bits per heavy atom. The summed E-state index contributed by atoms with van der Waals surface area (Å²) in [4.78, 5) is 0.788. The third kappa shape index (κ3) is 2.92. The third-order valence-corrected chi connectivity index (χ3v) is 3.97. The number of hydrogen-bond acceptors (Lipinski definition) is 7. The Kier molecular flexibility index (Phi) is 4.02. The number of rotatable bonds is 5. The van der Waals surface area contributed by atoms with Crippen LogP contribution in [0.3, 0.4) is 0 Å². The highest BCUT2D eigenvalue weighted by atomic mass is 32.1. The average Bonchev–Trinajstić information content (AvgIpc) is 3.00. The van der Waals surface area contributed by atoms with Crippen molar-refractivity contribution in [3.05, 3.63) is 10.8 Å². The minimum absolute atomic E-state index is 0.342. The molecular formula is C11H17N5O2S. The summed E-state index contributed by atoms with van der Waals surface area (Å²) in [6, 6.07) is 0. The summed E-state index contributed by atoms with van der Waals surface area (Å²) in [5.74, 6) is 0.724. The van der Waals surface area contributed by atoms with Crippen molar-refractivity contribution in [2.45, 2.75) is 32.2 Å². The van der Waals surface area contributed by atoms with Crippen molar-refractivity contribution in [1.29, 1.82) is 0 Å². The van der Waals surface area contributed by atoms with Gasteiger partial charge in [0.2, 0.25) is 4.96 Å². The summed E-state index contributed by atoms with van der Waals surface area (Å²) in [6.07, 6.45) is 2.48. The van der Waals surface area contributed by atoms with Gasteiger partial charge in [0.1, 0.15) is 18.2 Å². The molecule has 1 aliphatic heterocycles. The monoisotopic (exact) mass is 283 g/mol. The van der Waals surface area contributed by atoms with Gasteiger partial charge in [-0.15, -0.1) is 10.2 Å². The number of methoxy groups -OCH3 is 1. The molecule has 0 bridgehead atoms. The molecule has 0 aromatic carbocycles. The predicted molar refractivity (Wildman–Crippen MR) is 70.1 cm³/mol. The second kappa shape index (κ2) is 5.91. The van der Waals surface area contributed by atoms with Gasteiger partial charge in [0.25, 0.3) is 0 Å². The molecule has 1 N–H and O–H groups in total. The first kappa shape index (κ1) is 12.9. The lowest BCUT2D eigenvalue weighted by molar-refractivity contribution is 0.0208. The van der Waals surface area contributed by atoms with Crippen molar-refractivity contribution in [2.24, 2.45) is 0 Å². The third-order valence-electron chi connectivity index (χ3n) is 3.10. The summed E-state index contributed by atoms with van der Waals surface area (Å²) in [6.45, 7) is 3.03. The van der Waals surface area contributed by atoms with E-state index in [4.69, 9.17) is 9.47 Å². The first-order valence-corrected chi connectivity index (χ1v) is 7.19. The summed E-state index contributed by atoms with van der Waals surface area (Å²) in [5, 5.41) is 16.8. The predicted octanol–water partition coefficient (Wildman–Crippen LogP) is 0.601. The number of fused-ring (bicyclic) bond motifs is 1. The highest BCUT2D eigenvalue weighted by Crippen LogP contribution is 2.17. The smallest absolute Gasteiger partial charge is 0.234 e. The molecule has 3 rings (SSSR count). The van der Waals surface area contributed by atoms with Gasteiger partial charge in [-0.3, -0.25) is 0 Å². The van der Waals surface area contributed by atoms with Crippen LogP contribution in [0.1, 0.15) is 23.7 Å². The Hall–Kier alpha value is -1.09. The molecule has 104 valence electrons. The quantitative estimate of drug-likeness (QED) is 0.866. The summed E-state index contributed by atoms with van der Waals surface area (Å²) in [5.41, 5.74) is 0. The molecule has 0 radical (unpaired) electrons. The van der Waals surface area contributed by atoms with Crippen LogP contribution in [0.25, 0.3) is 4.96 Å². The van der Waals surface area contributed by atoms with Gasteiger partial charge in [-0.2, -0.15) is 9.61 Å². The summed E-state index contributed by atoms with van der Waals surface area (Å²) < 4.78 is 12.7. The van der Waals surface area contributed by atoms with Crippen LogP contribution in [-0.2, 0) is 22.7 Å². The molecule has 8 heteroatoms. The van der Waals surface area contributed by atoms with Crippen LogP contribution in [0.2, 0.25) is 0 Å². The van der Waals surface area contributed by atoms with E-state index in [0.29, 0.717) is 19.3 Å². The van der Waals surface area contributed by atoms with Gasteiger partial charge in [0, 0.05) is 7.11 Å². The molecule has 19 heavy (non-hydrogen) atoms. The molecule has 0 amide bonds. The van der Waals surface area contributed by atoms with Gasteiger partial charge in [-0.25, -0.2) is 0 Å². The summed E-state index contributed by atoms with van der Waals surface area (Å²) in [7, 11) is 1.63. The maximum Gasteiger partial charge on any atom is 0.234 e. The van der Waals surface area contributed by atoms with Crippen LogP contribution in [0.4, 0.5) is 0 Å². The number of ether oxygens (including phenoxy) is 2. The molecule has 1 saturated heterocycles. The van der Waals surface area contributed by atoms with Crippen molar-refractivity contribution in [3.63, 3.8) is 0 Å². The van der Waals surface area contributed by atoms with E-state index in [2.05, 4.69) is 20.6 Å². The fraction of sp³-hybridized carbons (Fsp3) is 0.727. The molecule has 0 atom stereocenters. The van der Waals surface area contributed by atoms with E-state index in [-0.39, 0.29) is 0 Å². The van der Waals surface area contributed by atoms with Crippen LogP contribution >= 0.6 is 11.3 Å². The van der Waals surface area contributed by atoms with Gasteiger partial charge in [0.05, 0.1) is 6.10 Å². The Morgan fingerprint density at radius 2 is 2.16 bits per heavy atom. The molecule has 0 aliphatic carbocycles. The molecule has 0 unspecified atom stereocenters. The van der Waals surface area contributed by atoms with Gasteiger partial charge in [-0.1, -0.05) is 11.3 Å². The molecular weight excluding hydrogens is 266 g/mol. The lowest BCUT2D eigenvalue weighted by Crippen LogP contribution is -2.32. The first-order valence-electron chi connectivity index (χ1n) is 6.38. The van der Waals surface area contributed by atoms with Crippen LogP contribution in [-0.4, -0.2) is 46.1 Å². The van der Waals surface area contributed by atoms with E-state index in [1.807, 2.05) is 0 Å². The number of aromatic nitrogens is 4. The Labute approximate surface area is 114 Å². The van der Waals surface area contributed by atoms with Crippen molar-refractivity contribution >= 4 is 16.3 Å². The zero-order chi connectivity index (χ0) is 13.1. The SMILES string of the molecule is COCc1nnc2sc(COC3CCNCC3)nn12. The fourth-order valence-corrected chi connectivity index (χ4v) is 2.90. The maximum atomic E-state index is 5.88. The number of hydrogen-bond donors (Lipinski definition) is 1. The molecule has 1 aliphatic rings. The van der Waals surface area contributed by atoms with E-state index in [1.54, 1.807) is 11.6 Å². The minimum Gasteiger partial charge on any atom is -0.377 e. The normalized spacial score (nSPS) is 17.3. The van der Waals surface area contributed by atoms with Crippen LogP contribution < -0.4 is 5.32 Å². The highest BCUT2D eigenvalue weighted by molar-refractivity contribution is 7.16. The second-order valence-electron chi connectivity index (χ2n) is 4.50. The standard InChI is InChI=1S/C11H17N5O2S/c1-17-6-9-13-14-11-16(9)15-10(19-11)7-18-8-2-4-12-5-3-8/h8,12H,2-7H2,1H3. The lowest BCUT2D eigenvalue weighted by Gasteiger charge is -2.22. The zero-order valence-corrected chi connectivity index (χ0v) is 11.7. The highest BCUT2D eigenvalue weighted by Gasteiger charge is 2.16. The van der Waals surface area contributed by atoms with E-state index in [1.165, 1.54) is 11.3 Å². The number of nitrogens with zero attached hydrogens (tertiary/aromatic N) is 4. The van der Waals surface area contributed by atoms with Crippen molar-refractivity contribution in [1.82, 2.24) is 25.1 Å². The van der Waals surface area contributed by atoms with Gasteiger partial charge >= 0.3 is 0 Å². The molecule has 0 spiro atoms. The van der Waals surface area contributed by atoms with E-state index in [0.717, 1.165) is 41.7 Å². The Morgan fingerprint density at radius 3 is 2.95 bits per heavy atom. The summed E-state index contributed by atoms with van der Waals surface area (Å²) >= 11 is 1.51. The minimum atomic E-state index is 0.342. The first-order chi connectivity index (χ1) is 9.36. The lowest BCUT2D eigenvalue weighted by atomic mass is 10.1. The Bertz CT molecular complexity index is 534. The molecule has 0 saturated carbocycles. The van der Waals surface area contributed by atoms with Gasteiger partial charge in [0.15, 0.2) is 5.82 Å². The van der Waals surface area contributed by atoms with Crippen molar-refractivity contribution < 1.29 is 9.47 Å². The molecule has 3 heterocycles. The van der Waals surface area contributed by atoms with Crippen LogP contribution in [0.15, 0.2) is 0 Å². The van der Waals surface area contributed by atoms with Crippen LogP contribution in [0.5, 0.6) is 0 Å². The number of nitrogens with one attached hydrogen (secondary N) is 1. The Balaban J connectivity index is 1.64. The van der Waals surface area contributed by atoms with Gasteiger partial charge < -0.3 is 14.8 Å². The topological polar surface area (TPSA) is 73.6 Å². The van der Waals surface area contributed by atoms with Gasteiger partial charge in [-0.05, 0) is 25.9 Å². The average molecular weight is 283 g/mol. The van der Waals surface area contributed by atoms with E-state index >= 15 is 0 Å². The van der Waals surface area contributed by atoms with E-state index in [9.17, 15) is 0 Å². The zero-order valence-electron chi connectivity index (χ0n) is 10.8. The van der Waals surface area contributed by atoms with Crippen molar-refractivity contribution in [3.8, 4) is 0 Å². The largest absolute Gasteiger partial charge is 0.377 e. The van der Waals surface area contributed by atoms with E-state index < -0.39 is 0 Å². The molecule has 2 aromatic rings. The van der Waals surface area contributed by atoms with Crippen molar-refractivity contribution in [2.75, 3.05) is 20.2 Å². The van der Waals surface area contributed by atoms with Crippen LogP contribution in [0, 0.1) is 0 Å². The molecule has 7 nitrogen and oxygen atoms in total. The fourth-order valence-electron chi connectivity index (χ4n) is 2.13. The molecule has 2 aromatic heterocycles.